The van der Waals surface area contributed by atoms with Gasteiger partial charge in [-0.05, 0) is 97.2 Å². The molecule has 0 N–H and O–H groups in total. The van der Waals surface area contributed by atoms with Crippen molar-refractivity contribution < 1.29 is 33.3 Å². The number of carbonyl (C=O) groups excluding carboxylic acids is 3. The minimum absolute atomic E-state index is 0.232. The number of methoxy groups -OCH3 is 1. The molecule has 0 saturated carbocycles. The van der Waals surface area contributed by atoms with Crippen LogP contribution < -0.4 is 18.9 Å². The van der Waals surface area contributed by atoms with E-state index in [2.05, 4.69) is 13.8 Å². The van der Waals surface area contributed by atoms with Crippen molar-refractivity contribution in [3.05, 3.63) is 52.6 Å². The van der Waals surface area contributed by atoms with Gasteiger partial charge in [-0.15, -0.1) is 0 Å². The highest BCUT2D eigenvalue weighted by atomic mass is 16.5. The Bertz CT molecular complexity index is 1270. The Kier molecular flexibility index (Phi) is 12.4. The Morgan fingerprint density at radius 3 is 1.71 bits per heavy atom. The van der Waals surface area contributed by atoms with Crippen LogP contribution in [-0.4, -0.2) is 31.4 Å². The van der Waals surface area contributed by atoms with Gasteiger partial charge in [-0.1, -0.05) is 33.6 Å². The van der Waals surface area contributed by atoms with Gasteiger partial charge in [0.05, 0.1) is 30.1 Å². The maximum atomic E-state index is 13.2. The minimum Gasteiger partial charge on any atom is -0.496 e. The van der Waals surface area contributed by atoms with Gasteiger partial charge in [0.1, 0.15) is 23.0 Å². The van der Waals surface area contributed by atoms with Crippen LogP contribution in [0.1, 0.15) is 109 Å². The first-order chi connectivity index (χ1) is 19.7. The topological polar surface area (TPSA) is 88.1 Å². The molecule has 2 rings (SSSR count). The summed E-state index contributed by atoms with van der Waals surface area (Å²) >= 11 is 0. The number of ether oxygens (including phenoxy) is 4. The minimum atomic E-state index is -0.698. The summed E-state index contributed by atoms with van der Waals surface area (Å²) in [5.74, 6) is 1.02. The molecule has 0 heterocycles. The van der Waals surface area contributed by atoms with E-state index in [4.69, 9.17) is 18.9 Å². The predicted octanol–water partition coefficient (Wildman–Crippen LogP) is 8.19. The number of benzene rings is 2. The zero-order chi connectivity index (χ0) is 31.7. The predicted molar refractivity (Wildman–Crippen MR) is 167 cm³/mol. The first kappa shape index (κ1) is 34.6. The number of hydrogen-bond acceptors (Lipinski definition) is 7. The third-order valence-corrected chi connectivity index (χ3v) is 6.41. The van der Waals surface area contributed by atoms with E-state index in [0.29, 0.717) is 53.6 Å². The fourth-order valence-corrected chi connectivity index (χ4v) is 4.10. The zero-order valence-corrected chi connectivity index (χ0v) is 27.1. The summed E-state index contributed by atoms with van der Waals surface area (Å²) in [5, 5.41) is 0. The lowest BCUT2D eigenvalue weighted by Crippen LogP contribution is -2.27. The van der Waals surface area contributed by atoms with Gasteiger partial charge in [-0.25, -0.2) is 0 Å². The van der Waals surface area contributed by atoms with E-state index in [0.717, 1.165) is 30.4 Å². The van der Waals surface area contributed by atoms with Gasteiger partial charge >= 0.3 is 11.9 Å². The fraction of sp³-hybridized carbons (Fsp3) is 0.514. The zero-order valence-electron chi connectivity index (χ0n) is 27.1. The fourth-order valence-electron chi connectivity index (χ4n) is 4.10. The van der Waals surface area contributed by atoms with Crippen LogP contribution in [0.5, 0.6) is 23.0 Å². The number of carbonyl (C=O) groups is 3. The molecule has 42 heavy (non-hydrogen) atoms. The van der Waals surface area contributed by atoms with Crippen molar-refractivity contribution in [2.75, 3.05) is 13.7 Å². The van der Waals surface area contributed by atoms with E-state index in [1.54, 1.807) is 58.2 Å². The number of allylic oxidation sites excluding steroid dienone is 1. The molecule has 0 saturated heterocycles. The van der Waals surface area contributed by atoms with Crippen molar-refractivity contribution >= 4 is 23.8 Å². The summed E-state index contributed by atoms with van der Waals surface area (Å²) in [5.41, 5.74) is 1.32. The van der Waals surface area contributed by atoms with Gasteiger partial charge in [0, 0.05) is 16.7 Å². The van der Waals surface area contributed by atoms with Gasteiger partial charge in [0.2, 0.25) is 0 Å². The van der Waals surface area contributed by atoms with E-state index in [1.165, 1.54) is 6.08 Å². The summed E-state index contributed by atoms with van der Waals surface area (Å²) in [6.07, 6.45) is 6.81. The van der Waals surface area contributed by atoms with E-state index in [1.807, 2.05) is 27.7 Å². The average Bonchev–Trinajstić information content (AvgIpc) is 2.92. The second-order valence-corrected chi connectivity index (χ2v) is 12.4. The van der Waals surface area contributed by atoms with Crippen LogP contribution in [0.15, 0.2) is 30.3 Å². The van der Waals surface area contributed by atoms with Gasteiger partial charge < -0.3 is 18.9 Å². The van der Waals surface area contributed by atoms with Crippen LogP contribution in [0.2, 0.25) is 0 Å². The Hall–Kier alpha value is -3.61. The lowest BCUT2D eigenvalue weighted by molar-refractivity contribution is -0.143. The summed E-state index contributed by atoms with van der Waals surface area (Å²) in [6, 6.07) is 6.48. The first-order valence-electron chi connectivity index (χ1n) is 14.8. The number of hydrogen-bond donors (Lipinski definition) is 0. The number of rotatable bonds is 13. The normalized spacial score (nSPS) is 11.9. The highest BCUT2D eigenvalue weighted by Crippen LogP contribution is 2.46. The molecule has 0 aliphatic rings. The van der Waals surface area contributed by atoms with Gasteiger partial charge in [-0.3, -0.25) is 14.4 Å². The summed E-state index contributed by atoms with van der Waals surface area (Å²) < 4.78 is 23.7. The summed E-state index contributed by atoms with van der Waals surface area (Å²) in [4.78, 5) is 38.5. The van der Waals surface area contributed by atoms with Crippen molar-refractivity contribution in [2.45, 2.75) is 94.4 Å². The molecule has 0 aliphatic heterocycles. The molecule has 0 spiro atoms. The highest BCUT2D eigenvalue weighted by Gasteiger charge is 2.31. The van der Waals surface area contributed by atoms with Crippen molar-refractivity contribution in [1.82, 2.24) is 0 Å². The summed E-state index contributed by atoms with van der Waals surface area (Å²) in [6.45, 7) is 17.4. The summed E-state index contributed by atoms with van der Waals surface area (Å²) in [7, 11) is 1.57. The molecule has 2 aromatic carbocycles. The Balaban J connectivity index is 2.64. The van der Waals surface area contributed by atoms with E-state index in [9.17, 15) is 14.4 Å². The van der Waals surface area contributed by atoms with Crippen molar-refractivity contribution in [2.24, 2.45) is 10.8 Å². The molecule has 0 bridgehead atoms. The second-order valence-electron chi connectivity index (χ2n) is 12.4. The van der Waals surface area contributed by atoms with Crippen LogP contribution in [0.4, 0.5) is 0 Å². The molecule has 7 heteroatoms. The molecule has 230 valence electrons. The Morgan fingerprint density at radius 2 is 1.24 bits per heavy atom. The molecule has 0 aromatic heterocycles. The van der Waals surface area contributed by atoms with Gasteiger partial charge in [-0.2, -0.15) is 0 Å². The van der Waals surface area contributed by atoms with E-state index < -0.39 is 10.8 Å². The van der Waals surface area contributed by atoms with Crippen LogP contribution in [-0.2, 0) is 22.4 Å². The Labute approximate surface area is 251 Å². The molecule has 2 aromatic rings. The average molecular weight is 581 g/mol. The molecule has 0 amide bonds. The molecular formula is C35H48O7. The largest absolute Gasteiger partial charge is 0.496 e. The van der Waals surface area contributed by atoms with Crippen LogP contribution in [0.25, 0.3) is 6.08 Å². The van der Waals surface area contributed by atoms with E-state index in [-0.39, 0.29) is 17.7 Å². The van der Waals surface area contributed by atoms with Crippen LogP contribution >= 0.6 is 0 Å². The molecule has 0 unspecified atom stereocenters. The third kappa shape index (κ3) is 8.94. The SMILES string of the molecule is CCCOc1c(C=CC(=O)c2ccc(OC(=O)C(C)(C)C)cc2)c(OC)c(CCC)c(OC(=O)C(C)(C)C)c1CCC. The van der Waals surface area contributed by atoms with Crippen LogP contribution in [0, 0.1) is 10.8 Å². The quantitative estimate of drug-likeness (QED) is 0.102. The maximum absolute atomic E-state index is 13.2. The molecule has 7 nitrogen and oxygen atoms in total. The van der Waals surface area contributed by atoms with Gasteiger partial charge in [0.15, 0.2) is 5.78 Å². The smallest absolute Gasteiger partial charge is 0.316 e. The molecular weight excluding hydrogens is 532 g/mol. The Morgan fingerprint density at radius 1 is 0.714 bits per heavy atom. The van der Waals surface area contributed by atoms with Crippen LogP contribution in [0.3, 0.4) is 0 Å². The number of esters is 2. The van der Waals surface area contributed by atoms with Crippen molar-refractivity contribution in [1.29, 1.82) is 0 Å². The molecule has 0 radical (unpaired) electrons. The monoisotopic (exact) mass is 580 g/mol. The van der Waals surface area contributed by atoms with Gasteiger partial charge in [0.25, 0.3) is 0 Å². The van der Waals surface area contributed by atoms with Crippen molar-refractivity contribution in [3.63, 3.8) is 0 Å². The van der Waals surface area contributed by atoms with Crippen molar-refractivity contribution in [3.8, 4) is 23.0 Å². The molecule has 0 atom stereocenters. The highest BCUT2D eigenvalue weighted by molar-refractivity contribution is 6.07. The maximum Gasteiger partial charge on any atom is 0.316 e. The van der Waals surface area contributed by atoms with E-state index >= 15 is 0 Å². The number of ketones is 1. The lowest BCUT2D eigenvalue weighted by Gasteiger charge is -2.26. The lowest BCUT2D eigenvalue weighted by atomic mass is 9.93. The molecule has 0 aliphatic carbocycles. The third-order valence-electron chi connectivity index (χ3n) is 6.41. The second kappa shape index (κ2) is 15.0. The standard InChI is InChI=1S/C35H48O7/c1-11-14-25-29(39-10)27(20-21-28(36)23-16-18-24(19-17-23)41-32(37)34(4,5)6)30(40-22-13-3)26(15-12-2)31(25)42-33(38)35(7,8)9/h16-21H,11-15,22H2,1-10H3. The first-order valence-corrected chi connectivity index (χ1v) is 14.8. The molecule has 0 fully saturated rings.